The molecule has 0 aromatic heterocycles. The Hall–Kier alpha value is -0.0400. The minimum absolute atomic E-state index is 0.0686. The first-order valence-corrected chi connectivity index (χ1v) is 7.02. The maximum absolute atomic E-state index is 9.15. The highest BCUT2D eigenvalue weighted by molar-refractivity contribution is 4.85. The highest BCUT2D eigenvalue weighted by Gasteiger charge is 2.33. The molecule has 1 fully saturated rings. The van der Waals surface area contributed by atoms with Crippen molar-refractivity contribution in [3.05, 3.63) is 0 Å². The van der Waals surface area contributed by atoms with Crippen molar-refractivity contribution in [2.45, 2.75) is 83.7 Å². The molecule has 1 heteroatoms. The van der Waals surface area contributed by atoms with Gasteiger partial charge in [-0.2, -0.15) is 0 Å². The fourth-order valence-corrected chi connectivity index (χ4v) is 2.26. The van der Waals surface area contributed by atoms with Crippen LogP contribution < -0.4 is 0 Å². The second-order valence-corrected chi connectivity index (χ2v) is 5.18. The van der Waals surface area contributed by atoms with E-state index in [0.29, 0.717) is 5.92 Å². The first-order valence-electron chi connectivity index (χ1n) is 7.02. The molecule has 2 atom stereocenters. The zero-order valence-corrected chi connectivity index (χ0v) is 10.4. The first kappa shape index (κ1) is 13.0. The number of hydrogen-bond donors (Lipinski definition) is 1. The normalized spacial score (nSPS) is 24.4. The Morgan fingerprint density at radius 1 is 0.867 bits per heavy atom. The van der Waals surface area contributed by atoms with Gasteiger partial charge in [-0.1, -0.05) is 64.7 Å². The van der Waals surface area contributed by atoms with Crippen molar-refractivity contribution in [3.63, 3.8) is 0 Å². The van der Waals surface area contributed by atoms with Gasteiger partial charge >= 0.3 is 0 Å². The molecule has 1 N–H and O–H groups in total. The average molecular weight is 212 g/mol. The van der Waals surface area contributed by atoms with E-state index in [0.717, 1.165) is 6.42 Å². The summed E-state index contributed by atoms with van der Waals surface area (Å²) in [6.07, 6.45) is 15.1. The Balaban J connectivity index is 1.66. The molecule has 1 saturated carbocycles. The van der Waals surface area contributed by atoms with E-state index in [4.69, 9.17) is 5.11 Å². The Kier molecular flexibility index (Phi) is 7.08. The van der Waals surface area contributed by atoms with Gasteiger partial charge in [-0.25, -0.2) is 0 Å². The monoisotopic (exact) mass is 212 g/mol. The summed E-state index contributed by atoms with van der Waals surface area (Å²) in [5.74, 6) is 0.676. The predicted octanol–water partition coefficient (Wildman–Crippen LogP) is 4.29. The van der Waals surface area contributed by atoms with Crippen LogP contribution in [0.5, 0.6) is 0 Å². The average Bonchev–Trinajstić information content (AvgIpc) is 2.92. The van der Waals surface area contributed by atoms with E-state index >= 15 is 0 Å². The largest absolute Gasteiger partial charge is 0.393 e. The summed E-state index contributed by atoms with van der Waals surface area (Å²) in [4.78, 5) is 0. The van der Waals surface area contributed by atoms with Crippen LogP contribution in [0, 0.1) is 5.92 Å². The molecule has 0 heterocycles. The lowest BCUT2D eigenvalue weighted by atomic mass is 10.1. The van der Waals surface area contributed by atoms with Gasteiger partial charge in [0.1, 0.15) is 0 Å². The van der Waals surface area contributed by atoms with Crippen LogP contribution >= 0.6 is 0 Å². The van der Waals surface area contributed by atoms with Crippen molar-refractivity contribution in [1.29, 1.82) is 0 Å². The van der Waals surface area contributed by atoms with Crippen molar-refractivity contribution in [2.24, 2.45) is 5.92 Å². The lowest BCUT2D eigenvalue weighted by Crippen LogP contribution is -1.86. The van der Waals surface area contributed by atoms with Gasteiger partial charge in [0.2, 0.25) is 0 Å². The smallest absolute Gasteiger partial charge is 0.0573 e. The second kappa shape index (κ2) is 8.15. The first-order chi connectivity index (χ1) is 7.34. The molecule has 15 heavy (non-hydrogen) atoms. The molecule has 2 unspecified atom stereocenters. The molecule has 0 aromatic carbocycles. The quantitative estimate of drug-likeness (QED) is 0.536. The van der Waals surface area contributed by atoms with Crippen LogP contribution in [0.2, 0.25) is 0 Å². The molecule has 0 amide bonds. The zero-order valence-electron chi connectivity index (χ0n) is 10.4. The molecule has 0 aliphatic heterocycles. The summed E-state index contributed by atoms with van der Waals surface area (Å²) in [5, 5.41) is 9.15. The van der Waals surface area contributed by atoms with Crippen molar-refractivity contribution in [2.75, 3.05) is 0 Å². The van der Waals surface area contributed by atoms with E-state index in [1.165, 1.54) is 64.2 Å². The lowest BCUT2D eigenvalue weighted by molar-refractivity contribution is 0.255. The van der Waals surface area contributed by atoms with Gasteiger partial charge in [-0.05, 0) is 18.8 Å². The molecule has 1 aliphatic rings. The van der Waals surface area contributed by atoms with Crippen molar-refractivity contribution in [1.82, 2.24) is 0 Å². The minimum Gasteiger partial charge on any atom is -0.393 e. The molecular weight excluding hydrogens is 184 g/mol. The highest BCUT2D eigenvalue weighted by atomic mass is 16.3. The molecule has 0 radical (unpaired) electrons. The van der Waals surface area contributed by atoms with E-state index in [9.17, 15) is 0 Å². The molecule has 0 bridgehead atoms. The van der Waals surface area contributed by atoms with Gasteiger partial charge < -0.3 is 5.11 Å². The van der Waals surface area contributed by atoms with Crippen molar-refractivity contribution in [3.8, 4) is 0 Å². The summed E-state index contributed by atoms with van der Waals surface area (Å²) in [6, 6.07) is 0. The molecule has 1 nitrogen and oxygen atoms in total. The fraction of sp³-hybridized carbons (Fsp3) is 1.00. The lowest BCUT2D eigenvalue weighted by Gasteiger charge is -2.01. The van der Waals surface area contributed by atoms with Gasteiger partial charge in [0.05, 0.1) is 6.10 Å². The third-order valence-corrected chi connectivity index (χ3v) is 3.56. The highest BCUT2D eigenvalue weighted by Crippen LogP contribution is 2.34. The number of aliphatic hydroxyl groups is 1. The fourth-order valence-electron chi connectivity index (χ4n) is 2.26. The number of hydrogen-bond acceptors (Lipinski definition) is 1. The molecular formula is C14H28O. The van der Waals surface area contributed by atoms with Gasteiger partial charge in [0, 0.05) is 0 Å². The van der Waals surface area contributed by atoms with E-state index in [1.54, 1.807) is 0 Å². The SMILES string of the molecule is CCCCCCCCCCCC1CC1O. The van der Waals surface area contributed by atoms with Crippen LogP contribution in [0.4, 0.5) is 0 Å². The molecule has 90 valence electrons. The van der Waals surface area contributed by atoms with Gasteiger partial charge in [0.15, 0.2) is 0 Å². The standard InChI is InChI=1S/C14H28O/c1-2-3-4-5-6-7-8-9-10-11-13-12-14(13)15/h13-15H,2-12H2,1H3. The van der Waals surface area contributed by atoms with Crippen molar-refractivity contribution < 1.29 is 5.11 Å². The maximum Gasteiger partial charge on any atom is 0.0573 e. The van der Waals surface area contributed by atoms with Crippen LogP contribution in [-0.2, 0) is 0 Å². The third kappa shape index (κ3) is 6.94. The number of rotatable bonds is 10. The Morgan fingerprint density at radius 3 is 1.80 bits per heavy atom. The minimum atomic E-state index is 0.0686. The molecule has 1 aliphatic carbocycles. The van der Waals surface area contributed by atoms with Crippen molar-refractivity contribution >= 4 is 0 Å². The number of unbranched alkanes of at least 4 members (excludes halogenated alkanes) is 8. The summed E-state index contributed by atoms with van der Waals surface area (Å²) in [7, 11) is 0. The van der Waals surface area contributed by atoms with Gasteiger partial charge in [-0.15, -0.1) is 0 Å². The Labute approximate surface area is 95.3 Å². The van der Waals surface area contributed by atoms with Crippen LogP contribution in [0.3, 0.4) is 0 Å². The molecule has 0 aromatic rings. The second-order valence-electron chi connectivity index (χ2n) is 5.18. The van der Waals surface area contributed by atoms with E-state index in [1.807, 2.05) is 0 Å². The summed E-state index contributed by atoms with van der Waals surface area (Å²) < 4.78 is 0. The van der Waals surface area contributed by atoms with Gasteiger partial charge in [0.25, 0.3) is 0 Å². The molecule has 0 spiro atoms. The van der Waals surface area contributed by atoms with Crippen LogP contribution in [0.1, 0.15) is 77.6 Å². The Bertz CT molecular complexity index is 144. The maximum atomic E-state index is 9.15. The zero-order chi connectivity index (χ0) is 10.9. The summed E-state index contributed by atoms with van der Waals surface area (Å²) in [6.45, 7) is 2.27. The van der Waals surface area contributed by atoms with Gasteiger partial charge in [-0.3, -0.25) is 0 Å². The number of aliphatic hydroxyl groups excluding tert-OH is 1. The summed E-state index contributed by atoms with van der Waals surface area (Å²) >= 11 is 0. The third-order valence-electron chi connectivity index (χ3n) is 3.56. The topological polar surface area (TPSA) is 20.2 Å². The van der Waals surface area contributed by atoms with E-state index in [-0.39, 0.29) is 6.10 Å². The predicted molar refractivity (Wildman–Crippen MR) is 66.0 cm³/mol. The Morgan fingerprint density at radius 2 is 1.33 bits per heavy atom. The van der Waals surface area contributed by atoms with E-state index in [2.05, 4.69) is 6.92 Å². The molecule has 1 rings (SSSR count). The van der Waals surface area contributed by atoms with Crippen LogP contribution in [0.25, 0.3) is 0 Å². The van der Waals surface area contributed by atoms with Crippen LogP contribution in [-0.4, -0.2) is 11.2 Å². The summed E-state index contributed by atoms with van der Waals surface area (Å²) in [5.41, 5.74) is 0. The van der Waals surface area contributed by atoms with Crippen LogP contribution in [0.15, 0.2) is 0 Å². The molecule has 0 saturated heterocycles. The van der Waals surface area contributed by atoms with E-state index < -0.39 is 0 Å².